The topological polar surface area (TPSA) is 3.24 Å². The standard InChI is InChI=1S/C6H10BN/c1-6-2-4-8(7)5-3-6/h2,4,6H,3,5H2,1H3. The van der Waals surface area contributed by atoms with Crippen LogP contribution < -0.4 is 0 Å². The largest absolute Gasteiger partial charge is 0.431 e. The predicted molar refractivity (Wildman–Crippen MR) is 35.4 cm³/mol. The molecule has 0 N–H and O–H groups in total. The van der Waals surface area contributed by atoms with E-state index in [0.717, 1.165) is 12.5 Å². The molecule has 0 bridgehead atoms. The first kappa shape index (κ1) is 5.74. The van der Waals surface area contributed by atoms with Crippen LogP contribution in [0.3, 0.4) is 0 Å². The van der Waals surface area contributed by atoms with Gasteiger partial charge in [0.1, 0.15) is 0 Å². The van der Waals surface area contributed by atoms with Crippen LogP contribution in [0.2, 0.25) is 0 Å². The van der Waals surface area contributed by atoms with Crippen LogP contribution in [0, 0.1) is 5.92 Å². The molecule has 1 nitrogen and oxygen atoms in total. The molecule has 0 aromatic heterocycles. The maximum absolute atomic E-state index is 5.44. The van der Waals surface area contributed by atoms with Gasteiger partial charge in [-0.2, -0.15) is 0 Å². The van der Waals surface area contributed by atoms with Gasteiger partial charge in [-0.25, -0.2) is 0 Å². The minimum Gasteiger partial charge on any atom is -0.431 e. The zero-order chi connectivity index (χ0) is 5.98. The molecule has 0 amide bonds. The Morgan fingerprint density at radius 2 is 2.50 bits per heavy atom. The Balaban J connectivity index is 2.42. The number of allylic oxidation sites excluding steroid dienone is 1. The summed E-state index contributed by atoms with van der Waals surface area (Å²) in [6.07, 6.45) is 5.25. The van der Waals surface area contributed by atoms with Gasteiger partial charge in [-0.1, -0.05) is 13.0 Å². The number of rotatable bonds is 0. The van der Waals surface area contributed by atoms with Gasteiger partial charge in [0.25, 0.3) is 0 Å². The van der Waals surface area contributed by atoms with Crippen molar-refractivity contribution in [3.05, 3.63) is 12.3 Å². The van der Waals surface area contributed by atoms with E-state index in [-0.39, 0.29) is 0 Å². The van der Waals surface area contributed by atoms with Gasteiger partial charge >= 0.3 is 0 Å². The maximum Gasteiger partial charge on any atom is 0.225 e. The fourth-order valence-electron chi connectivity index (χ4n) is 0.781. The van der Waals surface area contributed by atoms with Crippen molar-refractivity contribution in [1.29, 1.82) is 0 Å². The average molecular weight is 107 g/mol. The lowest BCUT2D eigenvalue weighted by Gasteiger charge is -2.21. The number of hydrogen-bond acceptors (Lipinski definition) is 1. The summed E-state index contributed by atoms with van der Waals surface area (Å²) in [5, 5.41) is 0. The Kier molecular flexibility index (Phi) is 1.61. The van der Waals surface area contributed by atoms with Crippen LogP contribution in [0.5, 0.6) is 0 Å². The minimum atomic E-state index is 0.717. The Labute approximate surface area is 51.8 Å². The normalized spacial score (nSPS) is 28.6. The Morgan fingerprint density at radius 1 is 1.75 bits per heavy atom. The molecule has 42 valence electrons. The van der Waals surface area contributed by atoms with E-state index in [1.165, 1.54) is 6.42 Å². The molecule has 0 aromatic rings. The molecule has 1 heterocycles. The highest BCUT2D eigenvalue weighted by atomic mass is 15.0. The highest BCUT2D eigenvalue weighted by molar-refractivity contribution is 6.05. The first-order valence-electron chi connectivity index (χ1n) is 2.98. The van der Waals surface area contributed by atoms with Crippen LogP contribution in [-0.4, -0.2) is 19.3 Å². The summed E-state index contributed by atoms with van der Waals surface area (Å²) in [6, 6.07) is 0. The van der Waals surface area contributed by atoms with Crippen molar-refractivity contribution in [2.75, 3.05) is 6.54 Å². The Bertz CT molecular complexity index is 88.7. The third-order valence-corrected chi connectivity index (χ3v) is 1.45. The van der Waals surface area contributed by atoms with Gasteiger partial charge in [0.2, 0.25) is 7.98 Å². The summed E-state index contributed by atoms with van der Waals surface area (Å²) < 4.78 is 0. The van der Waals surface area contributed by atoms with Crippen molar-refractivity contribution in [3.63, 3.8) is 0 Å². The SMILES string of the molecule is [B]N1C=CC(C)CC1. The lowest BCUT2D eigenvalue weighted by atomic mass is 10.0. The summed E-state index contributed by atoms with van der Waals surface area (Å²) >= 11 is 0. The quantitative estimate of drug-likeness (QED) is 0.416. The van der Waals surface area contributed by atoms with E-state index in [9.17, 15) is 0 Å². The molecule has 2 heteroatoms. The van der Waals surface area contributed by atoms with E-state index in [1.54, 1.807) is 4.81 Å². The average Bonchev–Trinajstić information content (AvgIpc) is 1.77. The summed E-state index contributed by atoms with van der Waals surface area (Å²) in [5.74, 6) is 0.717. The highest BCUT2D eigenvalue weighted by Crippen LogP contribution is 2.09. The van der Waals surface area contributed by atoms with Crippen LogP contribution in [0.4, 0.5) is 0 Å². The maximum atomic E-state index is 5.44. The second-order valence-corrected chi connectivity index (χ2v) is 2.35. The van der Waals surface area contributed by atoms with Crippen molar-refractivity contribution in [3.8, 4) is 0 Å². The van der Waals surface area contributed by atoms with E-state index in [1.807, 2.05) is 6.20 Å². The molecule has 1 aliphatic rings. The molecule has 0 saturated carbocycles. The molecule has 1 atom stereocenters. The summed E-state index contributed by atoms with van der Waals surface area (Å²) in [5.41, 5.74) is 0. The van der Waals surface area contributed by atoms with Crippen molar-refractivity contribution in [2.45, 2.75) is 13.3 Å². The van der Waals surface area contributed by atoms with Crippen molar-refractivity contribution >= 4 is 7.98 Å². The molecular weight excluding hydrogens is 96.9 g/mol. The predicted octanol–water partition coefficient (Wildman–Crippen LogP) is 0.925. The van der Waals surface area contributed by atoms with E-state index >= 15 is 0 Å². The summed E-state index contributed by atoms with van der Waals surface area (Å²) in [6.45, 7) is 3.20. The summed E-state index contributed by atoms with van der Waals surface area (Å²) in [4.78, 5) is 1.72. The third-order valence-electron chi connectivity index (χ3n) is 1.45. The van der Waals surface area contributed by atoms with Gasteiger partial charge in [-0.15, -0.1) is 0 Å². The fourth-order valence-corrected chi connectivity index (χ4v) is 0.781. The van der Waals surface area contributed by atoms with Crippen LogP contribution >= 0.6 is 0 Å². The smallest absolute Gasteiger partial charge is 0.225 e. The van der Waals surface area contributed by atoms with Gasteiger partial charge in [-0.05, 0) is 18.5 Å². The molecule has 1 unspecified atom stereocenters. The van der Waals surface area contributed by atoms with Gasteiger partial charge in [0.15, 0.2) is 0 Å². The van der Waals surface area contributed by atoms with E-state index in [0.29, 0.717) is 0 Å². The Hall–Kier alpha value is -0.395. The van der Waals surface area contributed by atoms with Crippen LogP contribution in [0.1, 0.15) is 13.3 Å². The molecular formula is C6H10BN. The van der Waals surface area contributed by atoms with Crippen LogP contribution in [-0.2, 0) is 0 Å². The van der Waals surface area contributed by atoms with Crippen LogP contribution in [0.25, 0.3) is 0 Å². The van der Waals surface area contributed by atoms with Crippen molar-refractivity contribution < 1.29 is 0 Å². The lowest BCUT2D eigenvalue weighted by Crippen LogP contribution is -2.20. The molecule has 1 rings (SSSR count). The number of hydrogen-bond donors (Lipinski definition) is 0. The van der Waals surface area contributed by atoms with Crippen LogP contribution in [0.15, 0.2) is 12.3 Å². The molecule has 2 radical (unpaired) electrons. The second kappa shape index (κ2) is 2.25. The zero-order valence-electron chi connectivity index (χ0n) is 5.17. The second-order valence-electron chi connectivity index (χ2n) is 2.35. The molecule has 1 aliphatic heterocycles. The first-order chi connectivity index (χ1) is 3.79. The Morgan fingerprint density at radius 3 is 2.88 bits per heavy atom. The third kappa shape index (κ3) is 1.29. The van der Waals surface area contributed by atoms with Gasteiger partial charge in [0.05, 0.1) is 0 Å². The fraction of sp³-hybridized carbons (Fsp3) is 0.667. The molecule has 0 fully saturated rings. The van der Waals surface area contributed by atoms with Crippen molar-refractivity contribution in [2.24, 2.45) is 5.92 Å². The minimum absolute atomic E-state index is 0.717. The van der Waals surface area contributed by atoms with Crippen molar-refractivity contribution in [1.82, 2.24) is 4.81 Å². The lowest BCUT2D eigenvalue weighted by molar-refractivity contribution is 0.477. The summed E-state index contributed by atoms with van der Waals surface area (Å²) in [7, 11) is 5.44. The van der Waals surface area contributed by atoms with Gasteiger partial charge < -0.3 is 4.81 Å². The van der Waals surface area contributed by atoms with E-state index in [4.69, 9.17) is 7.98 Å². The highest BCUT2D eigenvalue weighted by Gasteiger charge is 2.02. The zero-order valence-corrected chi connectivity index (χ0v) is 5.17. The molecule has 8 heavy (non-hydrogen) atoms. The van der Waals surface area contributed by atoms with Gasteiger partial charge in [-0.3, -0.25) is 0 Å². The van der Waals surface area contributed by atoms with Gasteiger partial charge in [0, 0.05) is 6.54 Å². The molecule has 0 saturated heterocycles. The van der Waals surface area contributed by atoms with E-state index < -0.39 is 0 Å². The monoisotopic (exact) mass is 107 g/mol. The molecule has 0 aliphatic carbocycles. The van der Waals surface area contributed by atoms with E-state index in [2.05, 4.69) is 13.0 Å². The molecule has 0 aromatic carbocycles. The molecule has 0 spiro atoms. The first-order valence-corrected chi connectivity index (χ1v) is 2.98. The number of nitrogens with zero attached hydrogens (tertiary/aromatic N) is 1.